The number of ether oxygens (including phenoxy) is 1. The van der Waals surface area contributed by atoms with Crippen molar-refractivity contribution in [2.45, 2.75) is 119 Å². The number of rotatable bonds is 6. The molecule has 6 nitrogen and oxygen atoms in total. The normalized spacial score (nSPS) is 46.5. The fraction of sp³-hybridized carbons (Fsp3) is 0.914. The highest BCUT2D eigenvalue weighted by atomic mass is 16.5. The van der Waals surface area contributed by atoms with Gasteiger partial charge in [0.25, 0.3) is 0 Å². The minimum atomic E-state index is -0.402. The van der Waals surface area contributed by atoms with E-state index in [9.17, 15) is 14.4 Å². The number of ketones is 1. The highest BCUT2D eigenvalue weighted by molar-refractivity contribution is 5.87. The summed E-state index contributed by atoms with van der Waals surface area (Å²) in [7, 11) is 4.08. The van der Waals surface area contributed by atoms with E-state index in [0.29, 0.717) is 24.3 Å². The van der Waals surface area contributed by atoms with E-state index in [4.69, 9.17) is 4.74 Å². The lowest BCUT2D eigenvalue weighted by Crippen LogP contribution is -2.67. The van der Waals surface area contributed by atoms with E-state index in [1.165, 1.54) is 12.8 Å². The van der Waals surface area contributed by atoms with E-state index in [1.54, 1.807) is 13.8 Å². The Hall–Kier alpha value is -1.43. The summed E-state index contributed by atoms with van der Waals surface area (Å²) in [5.41, 5.74) is 0.0330. The quantitative estimate of drug-likeness (QED) is 0.381. The van der Waals surface area contributed by atoms with E-state index in [2.05, 4.69) is 44.8 Å². The van der Waals surface area contributed by atoms with Gasteiger partial charge in [0.15, 0.2) is 0 Å². The monoisotopic (exact) mass is 570 g/mol. The molecule has 0 saturated heterocycles. The molecule has 5 aliphatic carbocycles. The van der Waals surface area contributed by atoms with Gasteiger partial charge in [0.2, 0.25) is 5.91 Å². The number of hydrogen-bond acceptors (Lipinski definition) is 5. The average molecular weight is 571 g/mol. The highest BCUT2D eigenvalue weighted by Gasteiger charge is 2.72. The second-order valence-electron chi connectivity index (χ2n) is 16.6. The Bertz CT molecular complexity index is 1070. The molecule has 0 bridgehead atoms. The summed E-state index contributed by atoms with van der Waals surface area (Å²) in [5, 5.41) is 3.32. The molecule has 5 fully saturated rings. The number of hydrogen-bond donors (Lipinski definition) is 1. The Labute approximate surface area is 249 Å². The summed E-state index contributed by atoms with van der Waals surface area (Å²) in [4.78, 5) is 41.3. The maximum absolute atomic E-state index is 14.0. The van der Waals surface area contributed by atoms with Gasteiger partial charge in [-0.05, 0) is 125 Å². The van der Waals surface area contributed by atoms with E-state index >= 15 is 0 Å². The molecule has 232 valence electrons. The minimum Gasteiger partial charge on any atom is -0.462 e. The van der Waals surface area contributed by atoms with Crippen LogP contribution in [0.1, 0.15) is 113 Å². The number of Topliss-reactive ketones (excluding diaryl/α,β-unsaturated/α-hetero) is 1. The number of nitrogens with zero attached hydrogens (tertiary/aromatic N) is 1. The minimum absolute atomic E-state index is 0.00408. The summed E-state index contributed by atoms with van der Waals surface area (Å²) in [6.45, 7) is 17.2. The van der Waals surface area contributed by atoms with Crippen molar-refractivity contribution < 1.29 is 19.1 Å². The number of amides is 1. The standard InChI is InChI=1S/C35H58N2O4/c1-22(38)24-12-17-35(30(40)36-20-21-37(8)9)19-18-33(6)25(29(24)35)10-11-27-32(5)15-14-28(41-23(2)39)31(3,4)26(32)13-16-34(27,33)7/h24-29H,10-21H2,1-9H3,(H,36,40)/t24-,25+,26-,27+,28-,29+,32-,33+,34+,35-/m0/s1. The summed E-state index contributed by atoms with van der Waals surface area (Å²) in [6.07, 6.45) is 10.4. The van der Waals surface area contributed by atoms with Crippen LogP contribution in [0.5, 0.6) is 0 Å². The second kappa shape index (κ2) is 10.3. The van der Waals surface area contributed by atoms with Gasteiger partial charge in [-0.25, -0.2) is 0 Å². The summed E-state index contributed by atoms with van der Waals surface area (Å²) in [5.74, 6) is 2.02. The lowest BCUT2D eigenvalue weighted by Gasteiger charge is -2.72. The zero-order valence-corrected chi connectivity index (χ0v) is 27.5. The molecular formula is C35H58N2O4. The number of carbonyl (C=O) groups is 3. The first kappa shape index (κ1) is 31.0. The van der Waals surface area contributed by atoms with Gasteiger partial charge >= 0.3 is 5.97 Å². The summed E-state index contributed by atoms with van der Waals surface area (Å²) >= 11 is 0. The van der Waals surface area contributed by atoms with Crippen molar-refractivity contribution in [3.8, 4) is 0 Å². The van der Waals surface area contributed by atoms with Crippen LogP contribution in [-0.4, -0.2) is 55.8 Å². The van der Waals surface area contributed by atoms with Crippen LogP contribution in [0.2, 0.25) is 0 Å². The lowest BCUT2D eigenvalue weighted by molar-refractivity contribution is -0.249. The van der Waals surface area contributed by atoms with Crippen LogP contribution >= 0.6 is 0 Å². The molecule has 0 spiro atoms. The molecule has 0 aromatic carbocycles. The molecule has 0 aliphatic heterocycles. The third kappa shape index (κ3) is 4.46. The summed E-state index contributed by atoms with van der Waals surface area (Å²) < 4.78 is 5.91. The number of fused-ring (bicyclic) bond motifs is 7. The van der Waals surface area contributed by atoms with Crippen LogP contribution in [0.25, 0.3) is 0 Å². The van der Waals surface area contributed by atoms with E-state index in [0.717, 1.165) is 57.9 Å². The van der Waals surface area contributed by atoms with Crippen molar-refractivity contribution in [1.29, 1.82) is 0 Å². The van der Waals surface area contributed by atoms with Gasteiger partial charge in [-0.3, -0.25) is 14.4 Å². The third-order valence-electron chi connectivity index (χ3n) is 14.5. The average Bonchev–Trinajstić information content (AvgIpc) is 3.27. The van der Waals surface area contributed by atoms with Crippen molar-refractivity contribution in [2.24, 2.45) is 56.7 Å². The van der Waals surface area contributed by atoms with E-state index < -0.39 is 5.41 Å². The Morgan fingerprint density at radius 1 is 0.805 bits per heavy atom. The lowest BCUT2D eigenvalue weighted by atomic mass is 9.32. The van der Waals surface area contributed by atoms with Crippen LogP contribution in [0.15, 0.2) is 0 Å². The number of likely N-dealkylation sites (N-methyl/N-ethyl adjacent to an activating group) is 1. The predicted octanol–water partition coefficient (Wildman–Crippen LogP) is 6.27. The predicted molar refractivity (Wildman–Crippen MR) is 162 cm³/mol. The molecule has 5 saturated carbocycles. The van der Waals surface area contributed by atoms with Gasteiger partial charge in [0, 0.05) is 31.3 Å². The topological polar surface area (TPSA) is 75.7 Å². The Balaban J connectivity index is 1.47. The first-order valence-corrected chi connectivity index (χ1v) is 16.7. The first-order chi connectivity index (χ1) is 19.0. The molecule has 41 heavy (non-hydrogen) atoms. The largest absolute Gasteiger partial charge is 0.462 e. The molecule has 1 N–H and O–H groups in total. The van der Waals surface area contributed by atoms with Crippen LogP contribution in [0, 0.1) is 56.7 Å². The second-order valence-corrected chi connectivity index (χ2v) is 16.6. The van der Waals surface area contributed by atoms with Crippen LogP contribution < -0.4 is 5.32 Å². The molecule has 0 heterocycles. The highest BCUT2D eigenvalue weighted by Crippen LogP contribution is 2.77. The number of nitrogens with one attached hydrogen (secondary N) is 1. The Morgan fingerprint density at radius 3 is 2.15 bits per heavy atom. The van der Waals surface area contributed by atoms with Crippen molar-refractivity contribution in [3.05, 3.63) is 0 Å². The zero-order chi connectivity index (χ0) is 30.2. The van der Waals surface area contributed by atoms with Crippen molar-refractivity contribution in [2.75, 3.05) is 27.2 Å². The van der Waals surface area contributed by atoms with Crippen molar-refractivity contribution in [3.63, 3.8) is 0 Å². The molecule has 0 aromatic heterocycles. The van der Waals surface area contributed by atoms with Gasteiger partial charge in [-0.15, -0.1) is 0 Å². The van der Waals surface area contributed by atoms with Gasteiger partial charge in [-0.1, -0.05) is 34.6 Å². The van der Waals surface area contributed by atoms with Gasteiger partial charge in [0.1, 0.15) is 11.9 Å². The van der Waals surface area contributed by atoms with Crippen molar-refractivity contribution in [1.82, 2.24) is 10.2 Å². The maximum Gasteiger partial charge on any atom is 0.302 e. The molecule has 6 heteroatoms. The smallest absolute Gasteiger partial charge is 0.302 e. The van der Waals surface area contributed by atoms with Crippen LogP contribution in [0.3, 0.4) is 0 Å². The molecule has 5 aliphatic rings. The van der Waals surface area contributed by atoms with Gasteiger partial charge in [-0.2, -0.15) is 0 Å². The SMILES string of the molecule is CC(=O)O[C@H]1CC[C@]2(C)[C@H]3CC[C@@H]4[C@H]5[C@H](C(C)=O)CC[C@]5(C(=O)NCCN(C)C)CC[C@@]4(C)[C@]3(C)CC[C@H]2C1(C)C. The molecule has 1 amide bonds. The zero-order valence-electron chi connectivity index (χ0n) is 27.5. The molecule has 0 unspecified atom stereocenters. The molecule has 10 atom stereocenters. The van der Waals surface area contributed by atoms with Gasteiger partial charge in [0.05, 0.1) is 5.41 Å². The van der Waals surface area contributed by atoms with Crippen molar-refractivity contribution >= 4 is 17.7 Å². The molecular weight excluding hydrogens is 512 g/mol. The van der Waals surface area contributed by atoms with Crippen LogP contribution in [-0.2, 0) is 19.1 Å². The van der Waals surface area contributed by atoms with E-state index in [1.807, 2.05) is 14.1 Å². The number of esters is 1. The third-order valence-corrected chi connectivity index (χ3v) is 14.5. The Morgan fingerprint density at radius 2 is 1.51 bits per heavy atom. The molecule has 5 rings (SSSR count). The fourth-order valence-electron chi connectivity index (χ4n) is 12.4. The molecule has 0 radical (unpaired) electrons. The maximum atomic E-state index is 14.0. The fourth-order valence-corrected chi connectivity index (χ4v) is 12.4. The molecule has 0 aromatic rings. The summed E-state index contributed by atoms with van der Waals surface area (Å²) in [6, 6.07) is 0. The van der Waals surface area contributed by atoms with Crippen LogP contribution in [0.4, 0.5) is 0 Å². The Kier molecular flexibility index (Phi) is 7.82. The van der Waals surface area contributed by atoms with E-state index in [-0.39, 0.29) is 57.3 Å². The van der Waals surface area contributed by atoms with Gasteiger partial charge < -0.3 is 15.0 Å². The first-order valence-electron chi connectivity index (χ1n) is 16.7. The number of carbonyl (C=O) groups excluding carboxylic acids is 3.